The average Bonchev–Trinajstić information content (AvgIpc) is 3.18. The SMILES string of the molecule is C=CCn1c(SCC(=O)Nc2ccc(C)c(C)c2)nnc1[C@H](C)NC(=O)c1cccc(C)c1. The van der Waals surface area contributed by atoms with Gasteiger partial charge in [-0.05, 0) is 63.1 Å². The van der Waals surface area contributed by atoms with Gasteiger partial charge in [0.25, 0.3) is 5.91 Å². The molecule has 1 atom stereocenters. The number of anilines is 1. The number of rotatable bonds is 9. The third kappa shape index (κ3) is 6.32. The van der Waals surface area contributed by atoms with Crippen LogP contribution in [0.4, 0.5) is 5.69 Å². The summed E-state index contributed by atoms with van der Waals surface area (Å²) in [5.74, 6) is 0.486. The highest BCUT2D eigenvalue weighted by atomic mass is 32.2. The van der Waals surface area contributed by atoms with Crippen LogP contribution in [0.1, 0.15) is 45.8 Å². The number of aromatic nitrogens is 3. The number of thioether (sulfide) groups is 1. The van der Waals surface area contributed by atoms with Crippen molar-refractivity contribution in [3.63, 3.8) is 0 Å². The number of hydrogen-bond acceptors (Lipinski definition) is 5. The second kappa shape index (κ2) is 11.0. The molecule has 1 heterocycles. The zero-order valence-electron chi connectivity index (χ0n) is 19.4. The highest BCUT2D eigenvalue weighted by Crippen LogP contribution is 2.22. The molecular formula is C25H29N5O2S. The van der Waals surface area contributed by atoms with Crippen molar-refractivity contribution in [2.45, 2.75) is 45.4 Å². The minimum atomic E-state index is -0.371. The van der Waals surface area contributed by atoms with Gasteiger partial charge in [-0.15, -0.1) is 16.8 Å². The number of nitrogens with zero attached hydrogens (tertiary/aromatic N) is 3. The van der Waals surface area contributed by atoms with E-state index in [0.29, 0.717) is 23.1 Å². The van der Waals surface area contributed by atoms with Crippen LogP contribution in [-0.4, -0.2) is 32.3 Å². The van der Waals surface area contributed by atoms with Gasteiger partial charge in [-0.1, -0.05) is 41.6 Å². The van der Waals surface area contributed by atoms with Crippen LogP contribution in [0.25, 0.3) is 0 Å². The van der Waals surface area contributed by atoms with Gasteiger partial charge >= 0.3 is 0 Å². The molecule has 0 aliphatic heterocycles. The smallest absolute Gasteiger partial charge is 0.251 e. The van der Waals surface area contributed by atoms with E-state index in [-0.39, 0.29) is 23.6 Å². The number of amides is 2. The number of allylic oxidation sites excluding steroid dienone is 1. The maximum Gasteiger partial charge on any atom is 0.251 e. The van der Waals surface area contributed by atoms with Gasteiger partial charge in [0.2, 0.25) is 5.91 Å². The van der Waals surface area contributed by atoms with Crippen LogP contribution in [-0.2, 0) is 11.3 Å². The molecule has 33 heavy (non-hydrogen) atoms. The Balaban J connectivity index is 1.66. The van der Waals surface area contributed by atoms with Crippen molar-refractivity contribution in [3.05, 3.63) is 83.2 Å². The molecule has 3 aromatic rings. The quantitative estimate of drug-likeness (QED) is 0.357. The molecule has 0 saturated heterocycles. The Morgan fingerprint density at radius 2 is 1.91 bits per heavy atom. The highest BCUT2D eigenvalue weighted by molar-refractivity contribution is 7.99. The summed E-state index contributed by atoms with van der Waals surface area (Å²) in [5.41, 5.74) is 4.68. The van der Waals surface area contributed by atoms with E-state index in [2.05, 4.69) is 27.4 Å². The van der Waals surface area contributed by atoms with Crippen molar-refractivity contribution in [3.8, 4) is 0 Å². The fourth-order valence-electron chi connectivity index (χ4n) is 3.30. The molecule has 0 bridgehead atoms. The van der Waals surface area contributed by atoms with Gasteiger partial charge in [0.1, 0.15) is 0 Å². The van der Waals surface area contributed by atoms with Gasteiger partial charge in [-0.25, -0.2) is 0 Å². The summed E-state index contributed by atoms with van der Waals surface area (Å²) in [5, 5.41) is 15.0. The van der Waals surface area contributed by atoms with E-state index in [4.69, 9.17) is 0 Å². The molecule has 0 unspecified atom stereocenters. The first-order valence-corrected chi connectivity index (χ1v) is 11.7. The Bertz CT molecular complexity index is 1170. The molecule has 0 saturated carbocycles. The van der Waals surface area contributed by atoms with Gasteiger partial charge in [0, 0.05) is 17.8 Å². The Kier molecular flexibility index (Phi) is 8.06. The lowest BCUT2D eigenvalue weighted by Gasteiger charge is -2.15. The topological polar surface area (TPSA) is 88.9 Å². The summed E-state index contributed by atoms with van der Waals surface area (Å²) in [6.45, 7) is 12.1. The largest absolute Gasteiger partial charge is 0.342 e. The second-order valence-electron chi connectivity index (χ2n) is 7.94. The first-order valence-electron chi connectivity index (χ1n) is 10.7. The Morgan fingerprint density at radius 3 is 2.61 bits per heavy atom. The Morgan fingerprint density at radius 1 is 1.12 bits per heavy atom. The van der Waals surface area contributed by atoms with Crippen LogP contribution in [0, 0.1) is 20.8 Å². The molecule has 2 amide bonds. The zero-order chi connectivity index (χ0) is 24.0. The number of carbonyl (C=O) groups excluding carboxylic acids is 2. The third-order valence-electron chi connectivity index (χ3n) is 5.20. The first-order chi connectivity index (χ1) is 15.8. The van der Waals surface area contributed by atoms with E-state index in [1.54, 1.807) is 12.1 Å². The van der Waals surface area contributed by atoms with Crippen molar-refractivity contribution in [1.29, 1.82) is 0 Å². The van der Waals surface area contributed by atoms with E-state index in [1.165, 1.54) is 17.3 Å². The number of carbonyl (C=O) groups is 2. The maximum absolute atomic E-state index is 12.6. The molecule has 172 valence electrons. The van der Waals surface area contributed by atoms with Crippen LogP contribution in [0.5, 0.6) is 0 Å². The normalized spacial score (nSPS) is 11.6. The summed E-state index contributed by atoms with van der Waals surface area (Å²) < 4.78 is 1.86. The maximum atomic E-state index is 12.6. The van der Waals surface area contributed by atoms with Crippen LogP contribution < -0.4 is 10.6 Å². The van der Waals surface area contributed by atoms with Crippen molar-refractivity contribution in [1.82, 2.24) is 20.1 Å². The highest BCUT2D eigenvalue weighted by Gasteiger charge is 2.20. The van der Waals surface area contributed by atoms with E-state index in [1.807, 2.05) is 68.7 Å². The van der Waals surface area contributed by atoms with Crippen molar-refractivity contribution < 1.29 is 9.59 Å². The third-order valence-corrected chi connectivity index (χ3v) is 6.16. The molecule has 0 fully saturated rings. The monoisotopic (exact) mass is 463 g/mol. The fraction of sp³-hybridized carbons (Fsp3) is 0.280. The molecule has 0 aliphatic rings. The predicted molar refractivity (Wildman–Crippen MR) is 133 cm³/mol. The number of benzene rings is 2. The van der Waals surface area contributed by atoms with Crippen LogP contribution in [0.2, 0.25) is 0 Å². The molecular weight excluding hydrogens is 434 g/mol. The molecule has 7 nitrogen and oxygen atoms in total. The minimum Gasteiger partial charge on any atom is -0.342 e. The van der Waals surface area contributed by atoms with Crippen LogP contribution in [0.15, 0.2) is 60.3 Å². The van der Waals surface area contributed by atoms with Gasteiger partial charge in [0.05, 0.1) is 11.8 Å². The molecule has 0 spiro atoms. The molecule has 0 radical (unpaired) electrons. The lowest BCUT2D eigenvalue weighted by Crippen LogP contribution is -2.29. The lowest BCUT2D eigenvalue weighted by molar-refractivity contribution is -0.113. The van der Waals surface area contributed by atoms with Crippen LogP contribution in [0.3, 0.4) is 0 Å². The Labute approximate surface area is 198 Å². The van der Waals surface area contributed by atoms with Gasteiger partial charge in [0.15, 0.2) is 11.0 Å². The summed E-state index contributed by atoms with van der Waals surface area (Å²) in [7, 11) is 0. The zero-order valence-corrected chi connectivity index (χ0v) is 20.2. The number of aryl methyl sites for hydroxylation is 3. The Hall–Kier alpha value is -3.39. The molecule has 3 rings (SSSR count). The van der Waals surface area contributed by atoms with Crippen molar-refractivity contribution >= 4 is 29.3 Å². The van der Waals surface area contributed by atoms with Crippen molar-refractivity contribution in [2.24, 2.45) is 0 Å². The molecule has 2 N–H and O–H groups in total. The first kappa shape index (κ1) is 24.3. The van der Waals surface area contributed by atoms with E-state index in [0.717, 1.165) is 16.8 Å². The van der Waals surface area contributed by atoms with E-state index < -0.39 is 0 Å². The van der Waals surface area contributed by atoms with E-state index >= 15 is 0 Å². The summed E-state index contributed by atoms with van der Waals surface area (Å²) in [4.78, 5) is 25.1. The van der Waals surface area contributed by atoms with Gasteiger partial charge in [-0.2, -0.15) is 0 Å². The molecule has 2 aromatic carbocycles. The number of nitrogens with one attached hydrogen (secondary N) is 2. The summed E-state index contributed by atoms with van der Waals surface area (Å²) in [6, 6.07) is 12.9. The lowest BCUT2D eigenvalue weighted by atomic mass is 10.1. The molecule has 8 heteroatoms. The molecule has 1 aromatic heterocycles. The summed E-state index contributed by atoms with van der Waals surface area (Å²) in [6.07, 6.45) is 1.74. The van der Waals surface area contributed by atoms with Gasteiger partial charge < -0.3 is 15.2 Å². The van der Waals surface area contributed by atoms with Gasteiger partial charge in [-0.3, -0.25) is 9.59 Å². The molecule has 0 aliphatic carbocycles. The minimum absolute atomic E-state index is 0.126. The summed E-state index contributed by atoms with van der Waals surface area (Å²) >= 11 is 1.29. The number of hydrogen-bond donors (Lipinski definition) is 2. The van der Waals surface area contributed by atoms with Crippen molar-refractivity contribution in [2.75, 3.05) is 11.1 Å². The fourth-order valence-corrected chi connectivity index (χ4v) is 4.06. The van der Waals surface area contributed by atoms with Crippen LogP contribution >= 0.6 is 11.8 Å². The van der Waals surface area contributed by atoms with E-state index in [9.17, 15) is 9.59 Å². The standard InChI is InChI=1S/C25H29N5O2S/c1-6-12-30-23(19(5)26-24(32)20-9-7-8-16(2)13-20)28-29-25(30)33-15-22(31)27-21-11-10-17(3)18(4)14-21/h6-11,13-14,19H,1,12,15H2,2-5H3,(H,26,32)(H,27,31)/t19-/m0/s1. The average molecular weight is 464 g/mol. The predicted octanol–water partition coefficient (Wildman–Crippen LogP) is 4.61. The second-order valence-corrected chi connectivity index (χ2v) is 8.88.